The third-order valence-corrected chi connectivity index (χ3v) is 4.63. The molecule has 0 atom stereocenters. The molecule has 1 spiro atoms. The highest BCUT2D eigenvalue weighted by molar-refractivity contribution is 5.71. The number of alkyl halides is 3. The number of H-pyrrole nitrogens is 1. The molecule has 112 valence electrons. The highest BCUT2D eigenvalue weighted by Gasteiger charge is 2.47. The zero-order valence-corrected chi connectivity index (χ0v) is 11.3. The molecule has 4 nitrogen and oxygen atoms in total. The van der Waals surface area contributed by atoms with Gasteiger partial charge in [0.05, 0.1) is 5.52 Å². The maximum atomic E-state index is 12.6. The molecule has 2 N–H and O–H groups in total. The van der Waals surface area contributed by atoms with E-state index in [0.717, 1.165) is 25.1 Å². The van der Waals surface area contributed by atoms with Gasteiger partial charge in [-0.1, -0.05) is 0 Å². The van der Waals surface area contributed by atoms with Gasteiger partial charge in [0.25, 0.3) is 0 Å². The summed E-state index contributed by atoms with van der Waals surface area (Å²) in [5.41, 5.74) is 1.98. The molecule has 2 aliphatic rings. The first-order valence-corrected chi connectivity index (χ1v) is 7.06. The van der Waals surface area contributed by atoms with Crippen LogP contribution >= 0.6 is 0 Å². The Kier molecular flexibility index (Phi) is 2.61. The molecule has 1 saturated carbocycles. The number of hydrogen-bond donors (Lipinski definition) is 2. The molecule has 0 aromatic carbocycles. The number of nitrogens with one attached hydrogen (secondary N) is 2. The minimum Gasteiger partial charge on any atom is -0.333 e. The molecule has 1 saturated heterocycles. The molecule has 7 heteroatoms. The summed E-state index contributed by atoms with van der Waals surface area (Å²) >= 11 is 0. The van der Waals surface area contributed by atoms with Crippen molar-refractivity contribution in [2.75, 3.05) is 13.1 Å². The molecule has 1 aliphatic heterocycles. The molecular formula is C14H15F3N4. The van der Waals surface area contributed by atoms with E-state index < -0.39 is 12.0 Å². The zero-order chi connectivity index (χ0) is 14.7. The van der Waals surface area contributed by atoms with Crippen LogP contribution < -0.4 is 5.32 Å². The van der Waals surface area contributed by atoms with Gasteiger partial charge in [-0.15, -0.1) is 0 Å². The number of nitrogens with zero attached hydrogens (tertiary/aromatic N) is 2. The van der Waals surface area contributed by atoms with Crippen LogP contribution in [-0.4, -0.2) is 28.0 Å². The van der Waals surface area contributed by atoms with Crippen LogP contribution in [0.15, 0.2) is 12.3 Å². The van der Waals surface area contributed by atoms with Crippen LogP contribution in [0.2, 0.25) is 0 Å². The fourth-order valence-electron chi connectivity index (χ4n) is 3.60. The standard InChI is InChI=1S/C14H15F3N4/c15-14(16,17)12-20-10-2-8(5-19-11(10)21-12)1-9-3-13(4-9)6-18-7-13/h2,5,9,18H,1,3-4,6-7H2,(H,19,20,21). The molecule has 0 bridgehead atoms. The summed E-state index contributed by atoms with van der Waals surface area (Å²) in [4.78, 5) is 9.84. The topological polar surface area (TPSA) is 53.6 Å². The minimum atomic E-state index is -4.46. The normalized spacial score (nSPS) is 21.5. The number of rotatable bonds is 2. The molecule has 21 heavy (non-hydrogen) atoms. The molecule has 0 unspecified atom stereocenters. The Hall–Kier alpha value is -1.63. The highest BCUT2D eigenvalue weighted by Crippen LogP contribution is 2.49. The summed E-state index contributed by atoms with van der Waals surface area (Å²) < 4.78 is 37.8. The number of aromatic nitrogens is 3. The lowest BCUT2D eigenvalue weighted by molar-refractivity contribution is -0.144. The van der Waals surface area contributed by atoms with E-state index in [-0.39, 0.29) is 5.65 Å². The Morgan fingerprint density at radius 3 is 2.67 bits per heavy atom. The van der Waals surface area contributed by atoms with E-state index in [1.807, 2.05) is 0 Å². The van der Waals surface area contributed by atoms with Crippen molar-refractivity contribution in [2.45, 2.75) is 25.4 Å². The maximum absolute atomic E-state index is 12.6. The summed E-state index contributed by atoms with van der Waals surface area (Å²) in [6.07, 6.45) is 0.473. The Labute approximate surface area is 119 Å². The third kappa shape index (κ3) is 2.19. The van der Waals surface area contributed by atoms with Crippen molar-refractivity contribution in [1.82, 2.24) is 20.3 Å². The molecule has 0 radical (unpaired) electrons. The van der Waals surface area contributed by atoms with Crippen LogP contribution in [0.1, 0.15) is 24.2 Å². The van der Waals surface area contributed by atoms with Crippen molar-refractivity contribution in [3.8, 4) is 0 Å². The van der Waals surface area contributed by atoms with Gasteiger partial charge in [0.1, 0.15) is 0 Å². The second-order valence-electron chi connectivity index (χ2n) is 6.38. The van der Waals surface area contributed by atoms with Crippen molar-refractivity contribution in [1.29, 1.82) is 0 Å². The van der Waals surface area contributed by atoms with E-state index in [2.05, 4.69) is 20.3 Å². The second-order valence-corrected chi connectivity index (χ2v) is 6.38. The average molecular weight is 296 g/mol. The molecule has 2 aromatic heterocycles. The van der Waals surface area contributed by atoms with Crippen LogP contribution in [0.4, 0.5) is 13.2 Å². The van der Waals surface area contributed by atoms with Crippen molar-refractivity contribution < 1.29 is 13.2 Å². The van der Waals surface area contributed by atoms with Crippen LogP contribution in [0.5, 0.6) is 0 Å². The first-order valence-electron chi connectivity index (χ1n) is 7.06. The predicted octanol–water partition coefficient (Wildman–Crippen LogP) is 2.52. The number of imidazole rings is 1. The molecular weight excluding hydrogens is 281 g/mol. The second kappa shape index (κ2) is 4.19. The average Bonchev–Trinajstić information content (AvgIpc) is 2.73. The van der Waals surface area contributed by atoms with E-state index in [1.165, 1.54) is 12.8 Å². The quantitative estimate of drug-likeness (QED) is 0.895. The van der Waals surface area contributed by atoms with Crippen molar-refractivity contribution in [2.24, 2.45) is 11.3 Å². The first kappa shape index (κ1) is 13.1. The summed E-state index contributed by atoms with van der Waals surface area (Å²) in [7, 11) is 0. The van der Waals surface area contributed by atoms with Gasteiger partial charge in [-0.05, 0) is 42.2 Å². The van der Waals surface area contributed by atoms with Gasteiger partial charge >= 0.3 is 6.18 Å². The lowest BCUT2D eigenvalue weighted by Gasteiger charge is -2.54. The lowest BCUT2D eigenvalue weighted by Crippen LogP contribution is -2.60. The van der Waals surface area contributed by atoms with E-state index in [4.69, 9.17) is 0 Å². The molecule has 2 fully saturated rings. The maximum Gasteiger partial charge on any atom is 0.449 e. The highest BCUT2D eigenvalue weighted by atomic mass is 19.4. The van der Waals surface area contributed by atoms with E-state index >= 15 is 0 Å². The fraction of sp³-hybridized carbons (Fsp3) is 0.571. The van der Waals surface area contributed by atoms with Crippen molar-refractivity contribution >= 4 is 11.2 Å². The number of halogens is 3. The molecule has 0 amide bonds. The largest absolute Gasteiger partial charge is 0.449 e. The Morgan fingerprint density at radius 1 is 1.29 bits per heavy atom. The number of fused-ring (bicyclic) bond motifs is 1. The SMILES string of the molecule is FC(F)(F)c1nc2ncc(CC3CC4(CNC4)C3)cc2[nH]1. The van der Waals surface area contributed by atoms with Crippen LogP contribution in [-0.2, 0) is 12.6 Å². The fourth-order valence-corrected chi connectivity index (χ4v) is 3.60. The van der Waals surface area contributed by atoms with E-state index in [0.29, 0.717) is 16.8 Å². The Morgan fingerprint density at radius 2 is 2.05 bits per heavy atom. The first-order chi connectivity index (χ1) is 9.94. The van der Waals surface area contributed by atoms with Gasteiger partial charge in [-0.3, -0.25) is 0 Å². The lowest BCUT2D eigenvalue weighted by atomic mass is 9.57. The van der Waals surface area contributed by atoms with Gasteiger partial charge in [-0.25, -0.2) is 9.97 Å². The monoisotopic (exact) mass is 296 g/mol. The summed E-state index contributed by atoms with van der Waals surface area (Å²) in [5.74, 6) is -0.360. The zero-order valence-electron chi connectivity index (χ0n) is 11.3. The Bertz CT molecular complexity index is 679. The smallest absolute Gasteiger partial charge is 0.333 e. The molecule has 2 aromatic rings. The van der Waals surface area contributed by atoms with Gasteiger partial charge in [0.15, 0.2) is 5.65 Å². The van der Waals surface area contributed by atoms with E-state index in [9.17, 15) is 13.2 Å². The number of hydrogen-bond acceptors (Lipinski definition) is 3. The summed E-state index contributed by atoms with van der Waals surface area (Å²) in [6.45, 7) is 2.21. The molecule has 3 heterocycles. The van der Waals surface area contributed by atoms with Gasteiger partial charge in [0.2, 0.25) is 5.82 Å². The summed E-state index contributed by atoms with van der Waals surface area (Å²) in [6, 6.07) is 1.74. The molecule has 1 aliphatic carbocycles. The van der Waals surface area contributed by atoms with Crippen LogP contribution in [0, 0.1) is 11.3 Å². The van der Waals surface area contributed by atoms with Crippen molar-refractivity contribution in [3.05, 3.63) is 23.7 Å². The minimum absolute atomic E-state index is 0.124. The van der Waals surface area contributed by atoms with Gasteiger partial charge in [-0.2, -0.15) is 13.2 Å². The predicted molar refractivity (Wildman–Crippen MR) is 70.6 cm³/mol. The van der Waals surface area contributed by atoms with E-state index in [1.54, 1.807) is 12.3 Å². The Balaban J connectivity index is 1.51. The summed E-state index contributed by atoms with van der Waals surface area (Å²) in [5, 5.41) is 3.30. The number of aromatic amines is 1. The van der Waals surface area contributed by atoms with Gasteiger partial charge in [0, 0.05) is 19.3 Å². The van der Waals surface area contributed by atoms with Gasteiger partial charge < -0.3 is 10.3 Å². The van der Waals surface area contributed by atoms with Crippen LogP contribution in [0.25, 0.3) is 11.2 Å². The number of pyridine rings is 1. The molecule has 4 rings (SSSR count). The van der Waals surface area contributed by atoms with Crippen molar-refractivity contribution in [3.63, 3.8) is 0 Å². The third-order valence-electron chi connectivity index (χ3n) is 4.63. The van der Waals surface area contributed by atoms with Crippen LogP contribution in [0.3, 0.4) is 0 Å².